The maximum Gasteiger partial charge on any atom is 0.272 e. The first kappa shape index (κ1) is 19.3. The van der Waals surface area contributed by atoms with Gasteiger partial charge in [-0.2, -0.15) is 0 Å². The topological polar surface area (TPSA) is 84.7 Å². The minimum absolute atomic E-state index is 0.0301. The van der Waals surface area contributed by atoms with Crippen LogP contribution in [0.25, 0.3) is 0 Å². The monoisotopic (exact) mass is 349 g/mol. The van der Waals surface area contributed by atoms with Crippen molar-refractivity contribution in [2.24, 2.45) is 5.92 Å². The summed E-state index contributed by atoms with van der Waals surface area (Å²) >= 11 is 0. The Balaban J connectivity index is 2.00. The summed E-state index contributed by atoms with van der Waals surface area (Å²) in [5.74, 6) is 0.339. The van der Waals surface area contributed by atoms with Crippen molar-refractivity contribution < 1.29 is 14.5 Å². The van der Waals surface area contributed by atoms with Crippen LogP contribution < -0.4 is 5.32 Å². The highest BCUT2D eigenvalue weighted by molar-refractivity contribution is 5.94. The average Bonchev–Trinajstić information content (AvgIpc) is 2.58. The van der Waals surface area contributed by atoms with Gasteiger partial charge in [0.15, 0.2) is 0 Å². The van der Waals surface area contributed by atoms with Crippen molar-refractivity contribution in [2.75, 3.05) is 32.8 Å². The summed E-state index contributed by atoms with van der Waals surface area (Å²) in [5, 5.41) is 13.9. The fourth-order valence-electron chi connectivity index (χ4n) is 3.16. The number of nitrogens with one attached hydrogen (secondary N) is 1. The number of benzene rings is 1. The van der Waals surface area contributed by atoms with E-state index in [1.54, 1.807) is 13.0 Å². The second-order valence-electron chi connectivity index (χ2n) is 6.90. The second-order valence-corrected chi connectivity index (χ2v) is 6.90. The van der Waals surface area contributed by atoms with Crippen LogP contribution in [-0.4, -0.2) is 54.6 Å². The van der Waals surface area contributed by atoms with Crippen LogP contribution in [0.3, 0.4) is 0 Å². The maximum absolute atomic E-state index is 12.4. The van der Waals surface area contributed by atoms with Crippen LogP contribution in [0.1, 0.15) is 36.2 Å². The van der Waals surface area contributed by atoms with Gasteiger partial charge in [-0.3, -0.25) is 19.8 Å². The summed E-state index contributed by atoms with van der Waals surface area (Å²) in [7, 11) is 0. The van der Waals surface area contributed by atoms with Crippen molar-refractivity contribution in [2.45, 2.75) is 33.2 Å². The molecule has 1 aromatic carbocycles. The number of nitrogens with zero attached hydrogens (tertiary/aromatic N) is 2. The number of carbonyl (C=O) groups is 1. The van der Waals surface area contributed by atoms with E-state index in [1.165, 1.54) is 12.1 Å². The normalized spacial score (nSPS) is 16.6. The van der Waals surface area contributed by atoms with Crippen molar-refractivity contribution in [1.82, 2.24) is 10.2 Å². The molecule has 1 fully saturated rings. The average molecular weight is 349 g/mol. The predicted octanol–water partition coefficient (Wildman–Crippen LogP) is 2.38. The third-order valence-corrected chi connectivity index (χ3v) is 4.46. The molecule has 1 atom stereocenters. The second kappa shape index (κ2) is 8.92. The molecule has 7 nitrogen and oxygen atoms in total. The summed E-state index contributed by atoms with van der Waals surface area (Å²) < 4.78 is 5.41. The summed E-state index contributed by atoms with van der Waals surface area (Å²) in [6, 6.07) is 4.73. The molecule has 25 heavy (non-hydrogen) atoms. The molecule has 1 aliphatic heterocycles. The van der Waals surface area contributed by atoms with Crippen molar-refractivity contribution in [1.29, 1.82) is 0 Å². The van der Waals surface area contributed by atoms with E-state index in [0.29, 0.717) is 23.6 Å². The van der Waals surface area contributed by atoms with Gasteiger partial charge in [-0.1, -0.05) is 13.8 Å². The van der Waals surface area contributed by atoms with Crippen LogP contribution in [0, 0.1) is 23.0 Å². The fourth-order valence-corrected chi connectivity index (χ4v) is 3.16. The van der Waals surface area contributed by atoms with E-state index >= 15 is 0 Å². The highest BCUT2D eigenvalue weighted by Gasteiger charge is 2.23. The van der Waals surface area contributed by atoms with E-state index in [2.05, 4.69) is 24.1 Å². The molecule has 1 saturated heterocycles. The first-order valence-electron chi connectivity index (χ1n) is 8.73. The zero-order valence-electron chi connectivity index (χ0n) is 15.2. The molecule has 0 unspecified atom stereocenters. The Morgan fingerprint density at radius 2 is 2.04 bits per heavy atom. The van der Waals surface area contributed by atoms with Crippen molar-refractivity contribution in [3.63, 3.8) is 0 Å². The molecule has 0 aromatic heterocycles. The summed E-state index contributed by atoms with van der Waals surface area (Å²) in [5.41, 5.74) is 0.973. The quantitative estimate of drug-likeness (QED) is 0.603. The molecular formula is C18H27N3O4. The fraction of sp³-hybridized carbons (Fsp3) is 0.611. The Hall–Kier alpha value is -1.99. The number of hydrogen-bond acceptors (Lipinski definition) is 5. The van der Waals surface area contributed by atoms with Crippen LogP contribution in [0.5, 0.6) is 0 Å². The molecule has 0 bridgehead atoms. The molecular weight excluding hydrogens is 322 g/mol. The Morgan fingerprint density at radius 1 is 1.36 bits per heavy atom. The van der Waals surface area contributed by atoms with Gasteiger partial charge in [0.25, 0.3) is 11.6 Å². The molecule has 1 heterocycles. The molecule has 138 valence electrons. The van der Waals surface area contributed by atoms with Gasteiger partial charge >= 0.3 is 0 Å². The predicted molar refractivity (Wildman–Crippen MR) is 95.8 cm³/mol. The molecule has 1 aliphatic rings. The van der Waals surface area contributed by atoms with Crippen LogP contribution in [0.2, 0.25) is 0 Å². The lowest BCUT2D eigenvalue weighted by atomic mass is 10.0. The Kier molecular flexibility index (Phi) is 6.90. The molecule has 0 saturated carbocycles. The Labute approximate surface area is 148 Å². The van der Waals surface area contributed by atoms with Gasteiger partial charge in [0.1, 0.15) is 0 Å². The summed E-state index contributed by atoms with van der Waals surface area (Å²) in [6.45, 7) is 9.77. The molecule has 1 amide bonds. The third-order valence-electron chi connectivity index (χ3n) is 4.46. The van der Waals surface area contributed by atoms with Crippen molar-refractivity contribution in [3.8, 4) is 0 Å². The van der Waals surface area contributed by atoms with E-state index in [-0.39, 0.29) is 17.6 Å². The van der Waals surface area contributed by atoms with E-state index in [9.17, 15) is 14.9 Å². The molecule has 2 rings (SSSR count). The summed E-state index contributed by atoms with van der Waals surface area (Å²) in [6.07, 6.45) is 1.000. The number of aryl methyl sites for hydroxylation is 1. The first-order valence-corrected chi connectivity index (χ1v) is 8.73. The lowest BCUT2D eigenvalue weighted by Gasteiger charge is -2.35. The lowest BCUT2D eigenvalue weighted by Crippen LogP contribution is -2.49. The van der Waals surface area contributed by atoms with E-state index < -0.39 is 4.92 Å². The van der Waals surface area contributed by atoms with Gasteiger partial charge in [0.05, 0.1) is 18.1 Å². The van der Waals surface area contributed by atoms with Gasteiger partial charge in [-0.05, 0) is 31.4 Å². The number of ether oxygens (including phenoxy) is 1. The molecule has 0 radical (unpaired) electrons. The number of rotatable bonds is 7. The number of nitro groups is 1. The molecule has 1 N–H and O–H groups in total. The number of nitro benzene ring substituents is 1. The molecule has 1 aromatic rings. The lowest BCUT2D eigenvalue weighted by molar-refractivity contribution is -0.385. The number of morpholine rings is 1. The van der Waals surface area contributed by atoms with Gasteiger partial charge in [-0.25, -0.2) is 0 Å². The molecule has 0 aliphatic carbocycles. The van der Waals surface area contributed by atoms with Gasteiger partial charge in [0.2, 0.25) is 0 Å². The van der Waals surface area contributed by atoms with Crippen LogP contribution in [0.4, 0.5) is 5.69 Å². The number of amides is 1. The standard InChI is InChI=1S/C18H27N3O4/c1-13(2)10-16(20-6-8-25-9-7-20)12-19-18(22)15-4-5-17(21(23)24)14(3)11-15/h4-5,11,13,16H,6-10,12H2,1-3H3,(H,19,22)/t16-/m0/s1. The van der Waals surface area contributed by atoms with E-state index in [0.717, 1.165) is 32.7 Å². The minimum Gasteiger partial charge on any atom is -0.379 e. The Bertz CT molecular complexity index is 612. The zero-order valence-corrected chi connectivity index (χ0v) is 15.2. The van der Waals surface area contributed by atoms with Crippen LogP contribution in [0.15, 0.2) is 18.2 Å². The van der Waals surface area contributed by atoms with Crippen molar-refractivity contribution in [3.05, 3.63) is 39.4 Å². The van der Waals surface area contributed by atoms with Gasteiger partial charge < -0.3 is 10.1 Å². The highest BCUT2D eigenvalue weighted by atomic mass is 16.6. The maximum atomic E-state index is 12.4. The van der Waals surface area contributed by atoms with E-state index in [4.69, 9.17) is 4.74 Å². The van der Waals surface area contributed by atoms with Crippen LogP contribution in [-0.2, 0) is 4.74 Å². The Morgan fingerprint density at radius 3 is 2.60 bits per heavy atom. The first-order chi connectivity index (χ1) is 11.9. The molecule has 0 spiro atoms. The zero-order chi connectivity index (χ0) is 18.4. The SMILES string of the molecule is Cc1cc(C(=O)NC[C@H](CC(C)C)N2CCOCC2)ccc1[N+](=O)[O-]. The molecule has 7 heteroatoms. The largest absolute Gasteiger partial charge is 0.379 e. The van der Waals surface area contributed by atoms with Gasteiger partial charge in [-0.15, -0.1) is 0 Å². The number of hydrogen-bond donors (Lipinski definition) is 1. The highest BCUT2D eigenvalue weighted by Crippen LogP contribution is 2.19. The van der Waals surface area contributed by atoms with Gasteiger partial charge in [0, 0.05) is 42.9 Å². The minimum atomic E-state index is -0.436. The third kappa shape index (κ3) is 5.51. The smallest absolute Gasteiger partial charge is 0.272 e. The van der Waals surface area contributed by atoms with Crippen LogP contribution >= 0.6 is 0 Å². The summed E-state index contributed by atoms with van der Waals surface area (Å²) in [4.78, 5) is 25.2. The van der Waals surface area contributed by atoms with Crippen molar-refractivity contribution >= 4 is 11.6 Å². The van der Waals surface area contributed by atoms with E-state index in [1.807, 2.05) is 0 Å². The number of carbonyl (C=O) groups excluding carboxylic acids is 1.